The summed E-state index contributed by atoms with van der Waals surface area (Å²) in [7, 11) is -3.12. The lowest BCUT2D eigenvalue weighted by molar-refractivity contribution is 0.376. The molecule has 0 radical (unpaired) electrons. The minimum absolute atomic E-state index is 0.117. The van der Waals surface area contributed by atoms with E-state index in [1.54, 1.807) is 4.57 Å². The summed E-state index contributed by atoms with van der Waals surface area (Å²) in [6.07, 6.45) is 1.18. The molecular weight excluding hydrogens is 250 g/mol. The van der Waals surface area contributed by atoms with Gasteiger partial charge in [-0.25, -0.2) is 8.42 Å². The number of rotatable bonds is 3. The number of nitrogens with zero attached hydrogens (tertiary/aromatic N) is 3. The standard InChI is InChI=1S/C9H16ClN3O2S/c1-9(2,3)13-7(5-10)11-12-8(13)6-16(4,14)15/h5-6H2,1-4H3. The van der Waals surface area contributed by atoms with Crippen LogP contribution in [0.25, 0.3) is 0 Å². The molecule has 92 valence electrons. The monoisotopic (exact) mass is 265 g/mol. The Morgan fingerprint density at radius 1 is 1.25 bits per heavy atom. The Hall–Kier alpha value is -0.620. The molecule has 0 unspecified atom stereocenters. The molecule has 0 N–H and O–H groups in total. The van der Waals surface area contributed by atoms with E-state index in [9.17, 15) is 8.42 Å². The van der Waals surface area contributed by atoms with Crippen LogP contribution in [0.4, 0.5) is 0 Å². The molecule has 0 fully saturated rings. The maximum atomic E-state index is 11.3. The van der Waals surface area contributed by atoms with Crippen LogP contribution < -0.4 is 0 Å². The quantitative estimate of drug-likeness (QED) is 0.773. The van der Waals surface area contributed by atoms with Crippen LogP contribution in [0.3, 0.4) is 0 Å². The van der Waals surface area contributed by atoms with E-state index in [-0.39, 0.29) is 17.2 Å². The maximum absolute atomic E-state index is 11.3. The first-order chi connectivity index (χ1) is 7.15. The molecule has 7 heteroatoms. The molecule has 0 spiro atoms. The van der Waals surface area contributed by atoms with Crippen LogP contribution in [0.5, 0.6) is 0 Å². The Labute approximate surface area is 101 Å². The molecule has 0 aromatic carbocycles. The molecule has 1 aromatic rings. The van der Waals surface area contributed by atoms with E-state index in [0.717, 1.165) is 0 Å². The molecule has 0 saturated heterocycles. The Morgan fingerprint density at radius 3 is 2.12 bits per heavy atom. The van der Waals surface area contributed by atoms with Gasteiger partial charge in [0, 0.05) is 11.8 Å². The van der Waals surface area contributed by atoms with Crippen LogP contribution in [-0.2, 0) is 27.0 Å². The van der Waals surface area contributed by atoms with Crippen molar-refractivity contribution in [2.75, 3.05) is 6.26 Å². The van der Waals surface area contributed by atoms with Gasteiger partial charge < -0.3 is 4.57 Å². The van der Waals surface area contributed by atoms with E-state index >= 15 is 0 Å². The molecule has 0 atom stereocenters. The van der Waals surface area contributed by atoms with Crippen LogP contribution in [0.15, 0.2) is 0 Å². The third-order valence-corrected chi connectivity index (χ3v) is 3.00. The van der Waals surface area contributed by atoms with Crippen LogP contribution in [0.2, 0.25) is 0 Å². The topological polar surface area (TPSA) is 64.8 Å². The van der Waals surface area contributed by atoms with Crippen molar-refractivity contribution in [2.45, 2.75) is 37.9 Å². The second kappa shape index (κ2) is 4.33. The summed E-state index contributed by atoms with van der Waals surface area (Å²) in [5.41, 5.74) is -0.284. The van der Waals surface area contributed by atoms with E-state index in [1.807, 2.05) is 20.8 Å². The summed E-state index contributed by atoms with van der Waals surface area (Å²) in [6.45, 7) is 5.87. The predicted octanol–water partition coefficient (Wildman–Crippen LogP) is 1.32. The molecule has 1 aromatic heterocycles. The van der Waals surface area contributed by atoms with Crippen molar-refractivity contribution >= 4 is 21.4 Å². The Kier molecular flexibility index (Phi) is 3.64. The van der Waals surface area contributed by atoms with Gasteiger partial charge in [-0.3, -0.25) is 0 Å². The first-order valence-corrected chi connectivity index (χ1v) is 7.42. The van der Waals surface area contributed by atoms with Crippen molar-refractivity contribution in [1.29, 1.82) is 0 Å². The summed E-state index contributed by atoms with van der Waals surface area (Å²) in [5, 5.41) is 7.79. The minimum Gasteiger partial charge on any atom is -0.308 e. The van der Waals surface area contributed by atoms with Crippen molar-refractivity contribution in [2.24, 2.45) is 0 Å². The second-order valence-electron chi connectivity index (χ2n) is 4.74. The number of alkyl halides is 1. The Bertz CT molecular complexity index is 473. The number of hydrogen-bond acceptors (Lipinski definition) is 4. The largest absolute Gasteiger partial charge is 0.308 e. The van der Waals surface area contributed by atoms with Crippen molar-refractivity contribution in [1.82, 2.24) is 14.8 Å². The summed E-state index contributed by atoms with van der Waals surface area (Å²) in [5.74, 6) is 1.13. The van der Waals surface area contributed by atoms with Crippen molar-refractivity contribution in [3.8, 4) is 0 Å². The highest BCUT2D eigenvalue weighted by atomic mass is 35.5. The number of halogens is 1. The Balaban J connectivity index is 3.26. The van der Waals surface area contributed by atoms with Crippen molar-refractivity contribution in [3.63, 3.8) is 0 Å². The molecule has 16 heavy (non-hydrogen) atoms. The zero-order valence-electron chi connectivity index (χ0n) is 9.86. The molecular formula is C9H16ClN3O2S. The summed E-state index contributed by atoms with van der Waals surface area (Å²) in [6, 6.07) is 0. The van der Waals surface area contributed by atoms with E-state index in [0.29, 0.717) is 11.6 Å². The van der Waals surface area contributed by atoms with Crippen LogP contribution >= 0.6 is 11.6 Å². The van der Waals surface area contributed by atoms with Gasteiger partial charge in [0.15, 0.2) is 9.84 Å². The SMILES string of the molecule is CC(C)(C)n1c(CCl)nnc1CS(C)(=O)=O. The van der Waals surface area contributed by atoms with Crippen molar-refractivity contribution < 1.29 is 8.42 Å². The van der Waals surface area contributed by atoms with Gasteiger partial charge in [-0.2, -0.15) is 0 Å². The smallest absolute Gasteiger partial charge is 0.154 e. The summed E-state index contributed by atoms with van der Waals surface area (Å²) >= 11 is 5.75. The molecule has 0 aliphatic carbocycles. The number of sulfone groups is 1. The number of hydrogen-bond donors (Lipinski definition) is 0. The highest BCUT2D eigenvalue weighted by Gasteiger charge is 2.24. The third kappa shape index (κ3) is 3.18. The molecule has 0 amide bonds. The average Bonchev–Trinajstić information content (AvgIpc) is 2.43. The molecule has 1 heterocycles. The molecule has 1 rings (SSSR count). The lowest BCUT2D eigenvalue weighted by Gasteiger charge is -2.24. The molecule has 0 saturated carbocycles. The highest BCUT2D eigenvalue weighted by molar-refractivity contribution is 7.89. The zero-order chi connectivity index (χ0) is 12.6. The minimum atomic E-state index is -3.12. The predicted molar refractivity (Wildman–Crippen MR) is 63.1 cm³/mol. The average molecular weight is 266 g/mol. The van der Waals surface area contributed by atoms with Gasteiger partial charge in [0.05, 0.1) is 5.88 Å². The molecule has 0 bridgehead atoms. The number of aromatic nitrogens is 3. The zero-order valence-corrected chi connectivity index (χ0v) is 11.4. The van der Waals surface area contributed by atoms with E-state index in [1.165, 1.54) is 6.26 Å². The van der Waals surface area contributed by atoms with Crippen LogP contribution in [0.1, 0.15) is 32.4 Å². The maximum Gasteiger partial charge on any atom is 0.154 e. The fraction of sp³-hybridized carbons (Fsp3) is 0.778. The fourth-order valence-corrected chi connectivity index (χ4v) is 2.37. The summed E-state index contributed by atoms with van der Waals surface area (Å²) in [4.78, 5) is 0. The fourth-order valence-electron chi connectivity index (χ4n) is 1.54. The Morgan fingerprint density at radius 2 is 1.75 bits per heavy atom. The van der Waals surface area contributed by atoms with Crippen LogP contribution in [0, 0.1) is 0 Å². The van der Waals surface area contributed by atoms with E-state index < -0.39 is 9.84 Å². The van der Waals surface area contributed by atoms with E-state index in [2.05, 4.69) is 10.2 Å². The molecule has 0 aliphatic rings. The third-order valence-electron chi connectivity index (χ3n) is 1.98. The normalized spacial score (nSPS) is 13.1. The van der Waals surface area contributed by atoms with Gasteiger partial charge in [0.2, 0.25) is 0 Å². The lowest BCUT2D eigenvalue weighted by atomic mass is 10.1. The van der Waals surface area contributed by atoms with Gasteiger partial charge in [0.25, 0.3) is 0 Å². The summed E-state index contributed by atoms with van der Waals surface area (Å²) < 4.78 is 24.3. The van der Waals surface area contributed by atoms with Gasteiger partial charge in [-0.1, -0.05) is 0 Å². The van der Waals surface area contributed by atoms with Crippen LogP contribution in [-0.4, -0.2) is 29.4 Å². The highest BCUT2D eigenvalue weighted by Crippen LogP contribution is 2.20. The second-order valence-corrected chi connectivity index (χ2v) is 7.15. The lowest BCUT2D eigenvalue weighted by Crippen LogP contribution is -2.27. The van der Waals surface area contributed by atoms with Gasteiger partial charge >= 0.3 is 0 Å². The van der Waals surface area contributed by atoms with Gasteiger partial charge in [-0.15, -0.1) is 21.8 Å². The van der Waals surface area contributed by atoms with Gasteiger partial charge in [0.1, 0.15) is 17.4 Å². The first kappa shape index (κ1) is 13.4. The molecule has 0 aliphatic heterocycles. The molecule has 5 nitrogen and oxygen atoms in total. The first-order valence-electron chi connectivity index (χ1n) is 4.82. The van der Waals surface area contributed by atoms with Gasteiger partial charge in [-0.05, 0) is 20.8 Å². The van der Waals surface area contributed by atoms with Crippen molar-refractivity contribution in [3.05, 3.63) is 11.6 Å². The van der Waals surface area contributed by atoms with E-state index in [4.69, 9.17) is 11.6 Å².